The van der Waals surface area contributed by atoms with E-state index in [-0.39, 0.29) is 16.1 Å². The minimum atomic E-state index is -4.14. The molecule has 0 bridgehead atoms. The Bertz CT molecular complexity index is 902. The van der Waals surface area contributed by atoms with E-state index in [2.05, 4.69) is 5.32 Å². The highest BCUT2D eigenvalue weighted by molar-refractivity contribution is 7.92. The molecule has 1 amide bonds. The summed E-state index contributed by atoms with van der Waals surface area (Å²) in [5.74, 6) is -2.27. The molecule has 0 spiro atoms. The van der Waals surface area contributed by atoms with Gasteiger partial charge in [-0.05, 0) is 44.4 Å². The minimum absolute atomic E-state index is 0.159. The van der Waals surface area contributed by atoms with Gasteiger partial charge in [-0.15, -0.1) is 0 Å². The van der Waals surface area contributed by atoms with Gasteiger partial charge in [0.2, 0.25) is 0 Å². The van der Waals surface area contributed by atoms with E-state index in [4.69, 9.17) is 0 Å². The van der Waals surface area contributed by atoms with Gasteiger partial charge < -0.3 is 10.2 Å². The summed E-state index contributed by atoms with van der Waals surface area (Å²) in [6.07, 6.45) is 0. The number of rotatable bonds is 7. The Morgan fingerprint density at radius 3 is 2.50 bits per heavy atom. The third-order valence-electron chi connectivity index (χ3n) is 3.43. The molecule has 9 heteroatoms. The molecule has 2 N–H and O–H groups in total. The van der Waals surface area contributed by atoms with Crippen LogP contribution in [0.4, 0.5) is 14.5 Å². The molecule has 0 saturated carbocycles. The van der Waals surface area contributed by atoms with E-state index in [9.17, 15) is 22.0 Å². The number of hydrogen-bond donors (Lipinski definition) is 2. The van der Waals surface area contributed by atoms with Crippen molar-refractivity contribution in [3.63, 3.8) is 0 Å². The van der Waals surface area contributed by atoms with E-state index in [1.807, 2.05) is 23.7 Å². The molecule has 2 aromatic carbocycles. The number of nitrogens with zero attached hydrogens (tertiary/aromatic N) is 1. The molecule has 6 nitrogen and oxygen atoms in total. The highest BCUT2D eigenvalue weighted by Crippen LogP contribution is 2.20. The number of hydrogen-bond acceptors (Lipinski definition) is 4. The first-order valence-electron chi connectivity index (χ1n) is 7.70. The predicted molar refractivity (Wildman–Crippen MR) is 94.5 cm³/mol. The third kappa shape index (κ3) is 5.24. The van der Waals surface area contributed by atoms with Crippen LogP contribution in [0.25, 0.3) is 0 Å². The van der Waals surface area contributed by atoms with Crippen molar-refractivity contribution in [1.29, 1.82) is 0 Å². The monoisotopic (exact) mass is 383 g/mol. The van der Waals surface area contributed by atoms with Gasteiger partial charge in [0.25, 0.3) is 15.9 Å². The predicted octanol–water partition coefficient (Wildman–Crippen LogP) is 2.06. The maximum absolute atomic E-state index is 13.7. The lowest BCUT2D eigenvalue weighted by Crippen LogP contribution is -2.31. The van der Waals surface area contributed by atoms with Gasteiger partial charge in [0.05, 0.1) is 10.6 Å². The molecular weight excluding hydrogens is 364 g/mol. The van der Waals surface area contributed by atoms with Gasteiger partial charge in [-0.2, -0.15) is 0 Å². The molecule has 0 saturated heterocycles. The van der Waals surface area contributed by atoms with E-state index >= 15 is 0 Å². The minimum Gasteiger partial charge on any atom is -0.351 e. The van der Waals surface area contributed by atoms with E-state index in [0.29, 0.717) is 19.2 Å². The highest BCUT2D eigenvalue weighted by atomic mass is 32.2. The standard InChI is InChI=1S/C17H19F2N3O3S/c1-22(2)9-8-20-17(23)12-4-3-5-14(10-12)26(24,25)21-16-7-6-13(18)11-15(16)19/h3-7,10-11,21H,8-9H2,1-2H3,(H,20,23). The molecule has 26 heavy (non-hydrogen) atoms. The highest BCUT2D eigenvalue weighted by Gasteiger charge is 2.18. The second kappa shape index (κ2) is 8.24. The average molecular weight is 383 g/mol. The molecule has 140 valence electrons. The number of amides is 1. The Labute approximate surface area is 150 Å². The number of carbonyl (C=O) groups is 1. The van der Waals surface area contributed by atoms with Crippen LogP contribution in [0.15, 0.2) is 47.4 Å². The maximum Gasteiger partial charge on any atom is 0.262 e. The Morgan fingerprint density at radius 1 is 1.12 bits per heavy atom. The normalized spacial score (nSPS) is 11.4. The summed E-state index contributed by atoms with van der Waals surface area (Å²) in [4.78, 5) is 13.8. The quantitative estimate of drug-likeness (QED) is 0.767. The summed E-state index contributed by atoms with van der Waals surface area (Å²) < 4.78 is 53.5. The summed E-state index contributed by atoms with van der Waals surface area (Å²) in [5.41, 5.74) is -0.224. The summed E-state index contributed by atoms with van der Waals surface area (Å²) in [6, 6.07) is 7.86. The van der Waals surface area contributed by atoms with Crippen molar-refractivity contribution in [1.82, 2.24) is 10.2 Å². The van der Waals surface area contributed by atoms with Gasteiger partial charge >= 0.3 is 0 Å². The van der Waals surface area contributed by atoms with E-state index in [1.54, 1.807) is 0 Å². The molecule has 2 rings (SSSR count). The molecule has 0 aliphatic carbocycles. The van der Waals surface area contributed by atoms with Crippen LogP contribution in [0.2, 0.25) is 0 Å². The summed E-state index contributed by atoms with van der Waals surface area (Å²) in [5, 5.41) is 2.68. The second-order valence-corrected chi connectivity index (χ2v) is 7.50. The molecule has 0 fully saturated rings. The molecule has 0 aliphatic heterocycles. The number of sulfonamides is 1. The number of nitrogens with one attached hydrogen (secondary N) is 2. The molecule has 0 aromatic heterocycles. The molecule has 0 unspecified atom stereocenters. The summed E-state index contributed by atoms with van der Waals surface area (Å²) in [6.45, 7) is 1.04. The topological polar surface area (TPSA) is 78.5 Å². The molecule has 0 aliphatic rings. The van der Waals surface area contributed by atoms with Crippen molar-refractivity contribution in [2.45, 2.75) is 4.90 Å². The van der Waals surface area contributed by atoms with Crippen molar-refractivity contribution >= 4 is 21.6 Å². The van der Waals surface area contributed by atoms with E-state index in [1.165, 1.54) is 24.3 Å². The van der Waals surface area contributed by atoms with Gasteiger partial charge in [0.1, 0.15) is 11.6 Å². The average Bonchev–Trinajstić information content (AvgIpc) is 2.57. The Morgan fingerprint density at radius 2 is 1.85 bits per heavy atom. The largest absolute Gasteiger partial charge is 0.351 e. The number of halogens is 2. The zero-order valence-corrected chi connectivity index (χ0v) is 15.1. The fourth-order valence-corrected chi connectivity index (χ4v) is 3.19. The first-order valence-corrected chi connectivity index (χ1v) is 9.18. The number of likely N-dealkylation sites (N-methyl/N-ethyl adjacent to an activating group) is 1. The van der Waals surface area contributed by atoms with Gasteiger partial charge in [-0.25, -0.2) is 17.2 Å². The fourth-order valence-electron chi connectivity index (χ4n) is 2.08. The summed E-state index contributed by atoms with van der Waals surface area (Å²) >= 11 is 0. The molecule has 0 radical (unpaired) electrons. The van der Waals surface area contributed by atoms with E-state index < -0.39 is 27.6 Å². The van der Waals surface area contributed by atoms with Crippen molar-refractivity contribution in [3.05, 3.63) is 59.7 Å². The lowest BCUT2D eigenvalue weighted by Gasteiger charge is -2.12. The van der Waals surface area contributed by atoms with Crippen molar-refractivity contribution in [2.24, 2.45) is 0 Å². The van der Waals surface area contributed by atoms with Gasteiger partial charge in [0, 0.05) is 24.7 Å². The smallest absolute Gasteiger partial charge is 0.262 e. The van der Waals surface area contributed by atoms with E-state index in [0.717, 1.165) is 12.1 Å². The summed E-state index contributed by atoms with van der Waals surface area (Å²) in [7, 11) is -0.418. The lowest BCUT2D eigenvalue weighted by molar-refractivity contribution is 0.0951. The van der Waals surface area contributed by atoms with Crippen LogP contribution < -0.4 is 10.0 Å². The maximum atomic E-state index is 13.7. The van der Waals surface area contributed by atoms with Crippen molar-refractivity contribution < 1.29 is 22.0 Å². The lowest BCUT2D eigenvalue weighted by atomic mass is 10.2. The van der Waals surface area contributed by atoms with Crippen LogP contribution in [0.1, 0.15) is 10.4 Å². The molecule has 2 aromatic rings. The molecule has 0 atom stereocenters. The van der Waals surface area contributed by atoms with Gasteiger partial charge in [-0.1, -0.05) is 6.07 Å². The SMILES string of the molecule is CN(C)CCNC(=O)c1cccc(S(=O)(=O)Nc2ccc(F)cc2F)c1. The van der Waals surface area contributed by atoms with Crippen LogP contribution in [0.3, 0.4) is 0 Å². The Balaban J connectivity index is 2.18. The zero-order valence-electron chi connectivity index (χ0n) is 14.3. The van der Waals surface area contributed by atoms with Crippen LogP contribution in [-0.2, 0) is 10.0 Å². The zero-order chi connectivity index (χ0) is 19.3. The Hall–Kier alpha value is -2.52. The van der Waals surface area contributed by atoms with Crippen LogP contribution in [-0.4, -0.2) is 46.4 Å². The second-order valence-electron chi connectivity index (χ2n) is 5.82. The van der Waals surface area contributed by atoms with Crippen LogP contribution in [0.5, 0.6) is 0 Å². The van der Waals surface area contributed by atoms with Crippen LogP contribution in [0, 0.1) is 11.6 Å². The number of carbonyl (C=O) groups excluding carboxylic acids is 1. The fraction of sp³-hybridized carbons (Fsp3) is 0.235. The number of anilines is 1. The number of benzene rings is 2. The van der Waals surface area contributed by atoms with Gasteiger partial charge in [0.15, 0.2) is 0 Å². The van der Waals surface area contributed by atoms with Gasteiger partial charge in [-0.3, -0.25) is 9.52 Å². The molecule has 0 heterocycles. The third-order valence-corrected chi connectivity index (χ3v) is 4.79. The first kappa shape index (κ1) is 19.8. The molecular formula is C17H19F2N3O3S. The van der Waals surface area contributed by atoms with Crippen LogP contribution >= 0.6 is 0 Å². The van der Waals surface area contributed by atoms with Crippen molar-refractivity contribution in [2.75, 3.05) is 31.9 Å². The first-order chi connectivity index (χ1) is 12.2. The van der Waals surface area contributed by atoms with Crippen molar-refractivity contribution in [3.8, 4) is 0 Å². The Kier molecular flexibility index (Phi) is 6.27.